The van der Waals surface area contributed by atoms with Crippen molar-refractivity contribution in [3.63, 3.8) is 0 Å². The van der Waals surface area contributed by atoms with E-state index >= 15 is 0 Å². The molecule has 0 saturated heterocycles. The maximum atomic E-state index is 12.3. The Balaban J connectivity index is 2.12. The minimum absolute atomic E-state index is 0.130. The summed E-state index contributed by atoms with van der Waals surface area (Å²) >= 11 is 0. The van der Waals surface area contributed by atoms with Gasteiger partial charge in [-0.25, -0.2) is 9.59 Å². The molecule has 0 saturated carbocycles. The van der Waals surface area contributed by atoms with Crippen LogP contribution in [0.4, 0.5) is 0 Å². The Bertz CT molecular complexity index is 689. The van der Waals surface area contributed by atoms with Gasteiger partial charge in [-0.3, -0.25) is 0 Å². The lowest BCUT2D eigenvalue weighted by Gasteiger charge is -2.12. The van der Waals surface area contributed by atoms with Crippen LogP contribution >= 0.6 is 0 Å². The number of para-hydroxylation sites is 1. The van der Waals surface area contributed by atoms with Crippen LogP contribution in [0, 0.1) is 5.92 Å². The van der Waals surface area contributed by atoms with Crippen LogP contribution in [-0.2, 0) is 0 Å². The molecule has 0 spiro atoms. The number of carboxylic acids is 1. The van der Waals surface area contributed by atoms with E-state index in [9.17, 15) is 9.59 Å². The van der Waals surface area contributed by atoms with Gasteiger partial charge in [0.2, 0.25) is 0 Å². The van der Waals surface area contributed by atoms with Crippen molar-refractivity contribution in [1.82, 2.24) is 0 Å². The lowest BCUT2D eigenvalue weighted by molar-refractivity contribution is 0.0696. The third kappa shape index (κ3) is 4.57. The molecule has 0 radical (unpaired) electrons. The fourth-order valence-electron chi connectivity index (χ4n) is 1.85. The maximum Gasteiger partial charge on any atom is 0.347 e. The fraction of sp³-hybridized carbons (Fsp3) is 0.222. The molecule has 2 rings (SSSR count). The van der Waals surface area contributed by atoms with E-state index in [4.69, 9.17) is 14.6 Å². The Kier molecular flexibility index (Phi) is 5.36. The minimum Gasteiger partial charge on any atom is -0.492 e. The first-order valence-corrected chi connectivity index (χ1v) is 7.24. The lowest BCUT2D eigenvalue weighted by Crippen LogP contribution is -2.13. The highest BCUT2D eigenvalue weighted by molar-refractivity contribution is 5.94. The number of aromatic carboxylic acids is 1. The third-order valence-electron chi connectivity index (χ3n) is 2.99. The van der Waals surface area contributed by atoms with E-state index in [1.54, 1.807) is 24.3 Å². The van der Waals surface area contributed by atoms with Gasteiger partial charge in [0.15, 0.2) is 0 Å². The van der Waals surface area contributed by atoms with Crippen molar-refractivity contribution < 1.29 is 24.2 Å². The molecular formula is C18H18O5. The van der Waals surface area contributed by atoms with Crippen LogP contribution in [0.5, 0.6) is 11.5 Å². The first kappa shape index (κ1) is 16.5. The highest BCUT2D eigenvalue weighted by atomic mass is 16.5. The Morgan fingerprint density at radius 1 is 1.04 bits per heavy atom. The van der Waals surface area contributed by atoms with Gasteiger partial charge in [-0.15, -0.1) is 0 Å². The van der Waals surface area contributed by atoms with Crippen molar-refractivity contribution in [2.75, 3.05) is 6.61 Å². The van der Waals surface area contributed by atoms with E-state index in [-0.39, 0.29) is 11.3 Å². The van der Waals surface area contributed by atoms with Crippen molar-refractivity contribution in [1.29, 1.82) is 0 Å². The number of rotatable bonds is 6. The van der Waals surface area contributed by atoms with Crippen LogP contribution in [0.2, 0.25) is 0 Å². The zero-order valence-corrected chi connectivity index (χ0v) is 13.0. The van der Waals surface area contributed by atoms with Gasteiger partial charge < -0.3 is 14.6 Å². The number of esters is 1. The normalized spacial score (nSPS) is 10.4. The average molecular weight is 314 g/mol. The summed E-state index contributed by atoms with van der Waals surface area (Å²) in [5.74, 6) is -0.502. The molecule has 120 valence electrons. The van der Waals surface area contributed by atoms with Gasteiger partial charge in [0.25, 0.3) is 0 Å². The second-order valence-electron chi connectivity index (χ2n) is 5.42. The van der Waals surface area contributed by atoms with Gasteiger partial charge in [-0.2, -0.15) is 0 Å². The molecule has 0 atom stereocenters. The molecule has 0 bridgehead atoms. The number of ether oxygens (including phenoxy) is 2. The zero-order valence-electron chi connectivity index (χ0n) is 13.0. The molecule has 0 amide bonds. The predicted octanol–water partition coefficient (Wildman–Crippen LogP) is 3.64. The molecule has 0 aliphatic heterocycles. The largest absolute Gasteiger partial charge is 0.492 e. The Morgan fingerprint density at radius 2 is 1.70 bits per heavy atom. The third-order valence-corrected chi connectivity index (χ3v) is 2.99. The molecule has 23 heavy (non-hydrogen) atoms. The van der Waals surface area contributed by atoms with Gasteiger partial charge in [-0.05, 0) is 42.3 Å². The number of hydrogen-bond donors (Lipinski definition) is 1. The summed E-state index contributed by atoms with van der Waals surface area (Å²) in [7, 11) is 0. The van der Waals surface area contributed by atoms with Gasteiger partial charge in [-0.1, -0.05) is 26.0 Å². The van der Waals surface area contributed by atoms with Crippen LogP contribution in [-0.4, -0.2) is 23.7 Å². The first-order valence-electron chi connectivity index (χ1n) is 7.24. The van der Waals surface area contributed by atoms with Crippen LogP contribution in [0.3, 0.4) is 0 Å². The second-order valence-corrected chi connectivity index (χ2v) is 5.42. The summed E-state index contributed by atoms with van der Waals surface area (Å²) in [4.78, 5) is 23.1. The molecule has 2 aromatic carbocycles. The zero-order chi connectivity index (χ0) is 16.8. The SMILES string of the molecule is CC(C)COc1ccccc1C(=O)Oc1ccc(C(=O)O)cc1. The van der Waals surface area contributed by atoms with Gasteiger partial charge in [0.1, 0.15) is 17.1 Å². The molecule has 2 aromatic rings. The van der Waals surface area contributed by atoms with E-state index < -0.39 is 11.9 Å². The molecule has 0 aliphatic carbocycles. The van der Waals surface area contributed by atoms with Crippen LogP contribution in [0.15, 0.2) is 48.5 Å². The quantitative estimate of drug-likeness (QED) is 0.651. The molecule has 0 unspecified atom stereocenters. The van der Waals surface area contributed by atoms with Crippen LogP contribution in [0.25, 0.3) is 0 Å². The molecule has 5 heteroatoms. The molecule has 0 aliphatic rings. The summed E-state index contributed by atoms with van der Waals surface area (Å²) in [5, 5.41) is 8.85. The average Bonchev–Trinajstić information content (AvgIpc) is 2.53. The summed E-state index contributed by atoms with van der Waals surface area (Å²) < 4.78 is 10.9. The van der Waals surface area contributed by atoms with Crippen molar-refractivity contribution in [2.24, 2.45) is 5.92 Å². The molecule has 0 aromatic heterocycles. The summed E-state index contributed by atoms with van der Waals surface area (Å²) in [6.45, 7) is 4.54. The maximum absolute atomic E-state index is 12.3. The Hall–Kier alpha value is -2.82. The van der Waals surface area contributed by atoms with Crippen molar-refractivity contribution in [3.8, 4) is 11.5 Å². The molecule has 1 N–H and O–H groups in total. The number of carbonyl (C=O) groups is 2. The van der Waals surface area contributed by atoms with E-state index in [1.165, 1.54) is 24.3 Å². The fourth-order valence-corrected chi connectivity index (χ4v) is 1.85. The first-order chi connectivity index (χ1) is 11.0. The van der Waals surface area contributed by atoms with E-state index in [2.05, 4.69) is 0 Å². The Labute approximate surface area is 134 Å². The van der Waals surface area contributed by atoms with Gasteiger partial charge >= 0.3 is 11.9 Å². The van der Waals surface area contributed by atoms with Crippen LogP contribution in [0.1, 0.15) is 34.6 Å². The van der Waals surface area contributed by atoms with Gasteiger partial charge in [0.05, 0.1) is 12.2 Å². The highest BCUT2D eigenvalue weighted by Crippen LogP contribution is 2.21. The van der Waals surface area contributed by atoms with Crippen molar-refractivity contribution in [3.05, 3.63) is 59.7 Å². The van der Waals surface area contributed by atoms with E-state index in [0.717, 1.165) is 0 Å². The van der Waals surface area contributed by atoms with Crippen molar-refractivity contribution >= 4 is 11.9 Å². The number of benzene rings is 2. The topological polar surface area (TPSA) is 72.8 Å². The van der Waals surface area contributed by atoms with E-state index in [0.29, 0.717) is 23.8 Å². The minimum atomic E-state index is -1.03. The van der Waals surface area contributed by atoms with Crippen LogP contribution < -0.4 is 9.47 Å². The van der Waals surface area contributed by atoms with Gasteiger partial charge in [0, 0.05) is 0 Å². The highest BCUT2D eigenvalue weighted by Gasteiger charge is 2.15. The summed E-state index contributed by atoms with van der Waals surface area (Å²) in [5.41, 5.74) is 0.459. The summed E-state index contributed by atoms with van der Waals surface area (Å²) in [6.07, 6.45) is 0. The standard InChI is InChI=1S/C18H18O5/c1-12(2)11-22-16-6-4-3-5-15(16)18(21)23-14-9-7-13(8-10-14)17(19)20/h3-10,12H,11H2,1-2H3,(H,19,20). The number of carboxylic acid groups (broad SMARTS) is 1. The molecule has 5 nitrogen and oxygen atoms in total. The smallest absolute Gasteiger partial charge is 0.347 e. The predicted molar refractivity (Wildman–Crippen MR) is 85.1 cm³/mol. The Morgan fingerprint density at radius 3 is 2.30 bits per heavy atom. The number of hydrogen-bond acceptors (Lipinski definition) is 4. The summed E-state index contributed by atoms with van der Waals surface area (Å²) in [6, 6.07) is 12.5. The number of carbonyl (C=O) groups excluding carboxylic acids is 1. The molecule has 0 heterocycles. The van der Waals surface area contributed by atoms with E-state index in [1.807, 2.05) is 13.8 Å². The molecular weight excluding hydrogens is 296 g/mol. The monoisotopic (exact) mass is 314 g/mol. The van der Waals surface area contributed by atoms with Crippen molar-refractivity contribution in [2.45, 2.75) is 13.8 Å². The lowest BCUT2D eigenvalue weighted by atomic mass is 10.2. The molecule has 0 fully saturated rings. The second kappa shape index (κ2) is 7.45.